The maximum absolute atomic E-state index is 2.39. The molecule has 1 fully saturated rings. The van der Waals surface area contributed by atoms with Crippen molar-refractivity contribution < 1.29 is 0 Å². The van der Waals surface area contributed by atoms with Gasteiger partial charge in [-0.25, -0.2) is 0 Å². The lowest BCUT2D eigenvalue weighted by molar-refractivity contribution is 0.224. The zero-order valence-corrected chi connectivity index (χ0v) is 11.5. The molecule has 0 amide bonds. The highest BCUT2D eigenvalue weighted by Gasteiger charge is 2.35. The van der Waals surface area contributed by atoms with Gasteiger partial charge in [0.05, 0.1) is 0 Å². The van der Waals surface area contributed by atoms with Crippen molar-refractivity contribution in [2.75, 3.05) is 11.5 Å². The fourth-order valence-electron chi connectivity index (χ4n) is 2.53. The summed E-state index contributed by atoms with van der Waals surface area (Å²) in [5.41, 5.74) is 0.506. The lowest BCUT2D eigenvalue weighted by Gasteiger charge is -2.33. The van der Waals surface area contributed by atoms with E-state index in [2.05, 4.69) is 51.1 Å². The summed E-state index contributed by atoms with van der Waals surface area (Å²) >= 11 is 0. The first-order valence-electron chi connectivity index (χ1n) is 6.30. The average molecular weight is 235 g/mol. The molecule has 2 rings (SSSR count). The molecule has 0 nitrogen and oxygen atoms in total. The summed E-state index contributed by atoms with van der Waals surface area (Å²) in [5, 5.41) is 0. The lowest BCUT2D eigenvalue weighted by atomic mass is 9.77. The fraction of sp³-hybridized carbons (Fsp3) is 0.600. The second-order valence-corrected chi connectivity index (χ2v) is 8.13. The summed E-state index contributed by atoms with van der Waals surface area (Å²) in [6.07, 6.45) is 2.84. The fourth-order valence-corrected chi connectivity index (χ4v) is 4.89. The second kappa shape index (κ2) is 4.83. The van der Waals surface area contributed by atoms with E-state index >= 15 is 0 Å². The van der Waals surface area contributed by atoms with E-state index in [1.165, 1.54) is 24.3 Å². The van der Waals surface area contributed by atoms with Crippen LogP contribution in [-0.4, -0.2) is 11.5 Å². The molecule has 0 N–H and O–H groups in total. The summed E-state index contributed by atoms with van der Waals surface area (Å²) in [7, 11) is 0.536. The van der Waals surface area contributed by atoms with Gasteiger partial charge in [0.25, 0.3) is 0 Å². The largest absolute Gasteiger partial charge is 0.154 e. The Morgan fingerprint density at radius 2 is 1.56 bits per heavy atom. The van der Waals surface area contributed by atoms with Gasteiger partial charge >= 0.3 is 0 Å². The second-order valence-electron chi connectivity index (χ2n) is 5.85. The summed E-state index contributed by atoms with van der Waals surface area (Å²) in [6.45, 7) is 7.18. The van der Waals surface area contributed by atoms with Crippen LogP contribution < -0.4 is 0 Å². The third kappa shape index (κ3) is 2.82. The third-order valence-corrected chi connectivity index (χ3v) is 6.12. The molecular weight excluding hydrogens is 212 g/mol. The van der Waals surface area contributed by atoms with Crippen LogP contribution >= 0.6 is 0 Å². The molecule has 16 heavy (non-hydrogen) atoms. The molecule has 1 aromatic rings. The van der Waals surface area contributed by atoms with E-state index < -0.39 is 0 Å². The van der Waals surface area contributed by atoms with Crippen LogP contribution in [0.3, 0.4) is 0 Å². The van der Waals surface area contributed by atoms with E-state index in [0.717, 1.165) is 5.92 Å². The molecule has 0 aliphatic carbocycles. The smallest absolute Gasteiger partial charge is 0.0619 e. The molecule has 0 saturated carbocycles. The zero-order valence-electron chi connectivity index (χ0n) is 10.7. The Hall–Kier alpha value is -0.430. The van der Waals surface area contributed by atoms with Crippen LogP contribution in [-0.2, 0) is 10.9 Å². The summed E-state index contributed by atoms with van der Waals surface area (Å²) < 4.78 is 0. The van der Waals surface area contributed by atoms with Crippen molar-refractivity contribution in [2.24, 2.45) is 11.3 Å². The van der Waals surface area contributed by atoms with Gasteiger partial charge in [0.1, 0.15) is 11.5 Å². The monoisotopic (exact) mass is 235 g/mol. The van der Waals surface area contributed by atoms with Crippen molar-refractivity contribution in [2.45, 2.75) is 38.5 Å². The summed E-state index contributed by atoms with van der Waals surface area (Å²) in [5.74, 6) is 3.75. The maximum Gasteiger partial charge on any atom is 0.154 e. The molecular formula is C15H23S+. The predicted molar refractivity (Wildman–Crippen MR) is 74.0 cm³/mol. The van der Waals surface area contributed by atoms with E-state index in [1.807, 2.05) is 0 Å². The first-order chi connectivity index (χ1) is 7.57. The number of benzene rings is 1. The number of hydrogen-bond acceptors (Lipinski definition) is 0. The molecule has 1 aliphatic rings. The van der Waals surface area contributed by atoms with Gasteiger partial charge < -0.3 is 0 Å². The van der Waals surface area contributed by atoms with E-state index in [0.29, 0.717) is 16.3 Å². The van der Waals surface area contributed by atoms with Crippen molar-refractivity contribution in [3.8, 4) is 0 Å². The average Bonchev–Trinajstić information content (AvgIpc) is 2.29. The topological polar surface area (TPSA) is 0 Å². The Bertz CT molecular complexity index is 315. The molecule has 88 valence electrons. The van der Waals surface area contributed by atoms with Gasteiger partial charge in [-0.3, -0.25) is 0 Å². The highest BCUT2D eigenvalue weighted by Crippen LogP contribution is 2.37. The van der Waals surface area contributed by atoms with Gasteiger partial charge in [0, 0.05) is 10.9 Å². The first-order valence-corrected chi connectivity index (χ1v) is 7.86. The Kier molecular flexibility index (Phi) is 3.63. The maximum atomic E-state index is 2.39. The minimum absolute atomic E-state index is 0.506. The quantitative estimate of drug-likeness (QED) is 0.642. The van der Waals surface area contributed by atoms with Crippen molar-refractivity contribution in [1.82, 2.24) is 0 Å². The number of rotatable bonds is 1. The first kappa shape index (κ1) is 12.0. The molecule has 1 heteroatoms. The minimum atomic E-state index is 0.506. The Balaban J connectivity index is 1.96. The molecule has 1 saturated heterocycles. The van der Waals surface area contributed by atoms with Crippen LogP contribution in [0.2, 0.25) is 0 Å². The van der Waals surface area contributed by atoms with Crippen LogP contribution in [0, 0.1) is 11.3 Å². The Labute approximate surface area is 103 Å². The normalized spacial score (nSPS) is 26.7. The molecule has 0 aromatic heterocycles. The van der Waals surface area contributed by atoms with Gasteiger partial charge in [-0.05, 0) is 36.3 Å². The van der Waals surface area contributed by atoms with Gasteiger partial charge in [-0.15, -0.1) is 0 Å². The molecule has 1 aromatic carbocycles. The molecule has 0 unspecified atom stereocenters. The lowest BCUT2D eigenvalue weighted by Crippen LogP contribution is -2.31. The molecule has 1 heterocycles. The van der Waals surface area contributed by atoms with E-state index in [1.54, 1.807) is 4.90 Å². The third-order valence-electron chi connectivity index (χ3n) is 3.73. The van der Waals surface area contributed by atoms with Crippen LogP contribution in [0.1, 0.15) is 33.6 Å². The van der Waals surface area contributed by atoms with E-state index in [9.17, 15) is 0 Å². The molecule has 0 spiro atoms. The van der Waals surface area contributed by atoms with E-state index in [4.69, 9.17) is 0 Å². The standard InChI is InChI=1S/C15H23S/c1-15(2,3)13-9-11-16(12-10-13)14-7-5-4-6-8-14/h4-8,13H,9-12H2,1-3H3/q+1. The predicted octanol–water partition coefficient (Wildman–Crippen LogP) is 4.12. The van der Waals surface area contributed by atoms with Crippen molar-refractivity contribution in [3.63, 3.8) is 0 Å². The number of hydrogen-bond donors (Lipinski definition) is 0. The Morgan fingerprint density at radius 3 is 2.06 bits per heavy atom. The van der Waals surface area contributed by atoms with Crippen molar-refractivity contribution in [1.29, 1.82) is 0 Å². The molecule has 1 aliphatic heterocycles. The minimum Gasteiger partial charge on any atom is -0.0619 e. The van der Waals surface area contributed by atoms with Crippen molar-refractivity contribution >= 4 is 10.9 Å². The molecule has 0 bridgehead atoms. The van der Waals surface area contributed by atoms with Crippen LogP contribution in [0.25, 0.3) is 0 Å². The zero-order chi connectivity index (χ0) is 11.6. The van der Waals surface area contributed by atoms with Gasteiger partial charge in [-0.2, -0.15) is 0 Å². The van der Waals surface area contributed by atoms with Crippen molar-refractivity contribution in [3.05, 3.63) is 30.3 Å². The Morgan fingerprint density at radius 1 is 1.00 bits per heavy atom. The van der Waals surface area contributed by atoms with Crippen LogP contribution in [0.5, 0.6) is 0 Å². The van der Waals surface area contributed by atoms with Gasteiger partial charge in [-0.1, -0.05) is 39.0 Å². The highest BCUT2D eigenvalue weighted by molar-refractivity contribution is 7.96. The molecule has 0 atom stereocenters. The van der Waals surface area contributed by atoms with E-state index in [-0.39, 0.29) is 0 Å². The molecule has 0 radical (unpaired) electrons. The van der Waals surface area contributed by atoms with Gasteiger partial charge in [0.15, 0.2) is 4.90 Å². The SMILES string of the molecule is CC(C)(C)C1CC[S+](c2ccccc2)CC1. The summed E-state index contributed by atoms with van der Waals surface area (Å²) in [6, 6.07) is 11.1. The van der Waals surface area contributed by atoms with Crippen LogP contribution in [0.4, 0.5) is 0 Å². The highest BCUT2D eigenvalue weighted by atomic mass is 32.2. The van der Waals surface area contributed by atoms with Gasteiger partial charge in [0.2, 0.25) is 0 Å². The summed E-state index contributed by atoms with van der Waals surface area (Å²) in [4.78, 5) is 1.58. The van der Waals surface area contributed by atoms with Crippen LogP contribution in [0.15, 0.2) is 35.2 Å².